The molecule has 1 aromatic carbocycles. The molecule has 1 N–H and O–H groups in total. The van der Waals surface area contributed by atoms with Gasteiger partial charge in [0.05, 0.1) is 16.1 Å². The standard InChI is InChI=1S/C13H13Cl2F2NO2/c14-7-13(1-3-20-4-2-13)18-12(19)8-5-11(17)9(15)6-10(8)16/h5-6H,1-4,7H2,(H,18,19). The molecule has 0 atom stereocenters. The van der Waals surface area contributed by atoms with Gasteiger partial charge >= 0.3 is 0 Å². The van der Waals surface area contributed by atoms with Crippen molar-refractivity contribution in [3.05, 3.63) is 34.4 Å². The molecule has 1 aliphatic heterocycles. The molecule has 0 radical (unpaired) electrons. The number of hydrogen-bond acceptors (Lipinski definition) is 2. The maximum atomic E-state index is 13.7. The lowest BCUT2D eigenvalue weighted by atomic mass is 9.91. The van der Waals surface area contributed by atoms with E-state index in [9.17, 15) is 13.6 Å². The van der Waals surface area contributed by atoms with Crippen molar-refractivity contribution in [1.29, 1.82) is 0 Å². The number of carbonyl (C=O) groups excluding carboxylic acids is 1. The highest BCUT2D eigenvalue weighted by atomic mass is 35.5. The monoisotopic (exact) mass is 323 g/mol. The molecule has 0 aliphatic carbocycles. The summed E-state index contributed by atoms with van der Waals surface area (Å²) >= 11 is 11.4. The first-order chi connectivity index (χ1) is 9.47. The summed E-state index contributed by atoms with van der Waals surface area (Å²) in [5.74, 6) is -2.24. The Kier molecular flexibility index (Phi) is 4.83. The number of ether oxygens (including phenoxy) is 1. The number of amides is 1. The second-order valence-corrected chi connectivity index (χ2v) is 5.40. The van der Waals surface area contributed by atoms with Crippen LogP contribution in [0, 0.1) is 11.6 Å². The largest absolute Gasteiger partial charge is 0.381 e. The maximum absolute atomic E-state index is 13.7. The Morgan fingerprint density at radius 3 is 2.55 bits per heavy atom. The molecule has 20 heavy (non-hydrogen) atoms. The van der Waals surface area contributed by atoms with E-state index in [0.29, 0.717) is 26.1 Å². The van der Waals surface area contributed by atoms with E-state index in [4.69, 9.17) is 27.9 Å². The number of alkyl halides is 1. The lowest BCUT2D eigenvalue weighted by Gasteiger charge is -2.36. The summed E-state index contributed by atoms with van der Waals surface area (Å²) in [5.41, 5.74) is -1.04. The van der Waals surface area contributed by atoms with E-state index >= 15 is 0 Å². The molecule has 1 amide bonds. The van der Waals surface area contributed by atoms with Crippen molar-refractivity contribution in [3.63, 3.8) is 0 Å². The third-order valence-electron chi connectivity index (χ3n) is 3.34. The van der Waals surface area contributed by atoms with Gasteiger partial charge in [-0.15, -0.1) is 11.6 Å². The molecule has 1 aromatic rings. The van der Waals surface area contributed by atoms with Gasteiger partial charge in [-0.3, -0.25) is 4.79 Å². The molecule has 1 heterocycles. The fraction of sp³-hybridized carbons (Fsp3) is 0.462. The van der Waals surface area contributed by atoms with Gasteiger partial charge in [0.1, 0.15) is 11.6 Å². The highest BCUT2D eigenvalue weighted by Crippen LogP contribution is 2.24. The lowest BCUT2D eigenvalue weighted by Crippen LogP contribution is -2.53. The fourth-order valence-corrected chi connectivity index (χ4v) is 2.54. The number of nitrogens with one attached hydrogen (secondary N) is 1. The molecule has 0 saturated carbocycles. The summed E-state index contributed by atoms with van der Waals surface area (Å²) in [6.45, 7) is 0.926. The van der Waals surface area contributed by atoms with Crippen LogP contribution in [0.1, 0.15) is 23.2 Å². The Labute approximate surface area is 125 Å². The molecule has 1 fully saturated rings. The van der Waals surface area contributed by atoms with Crippen LogP contribution in [0.3, 0.4) is 0 Å². The summed E-state index contributed by atoms with van der Waals surface area (Å²) in [4.78, 5) is 12.1. The van der Waals surface area contributed by atoms with Crippen LogP contribution in [-0.2, 0) is 4.74 Å². The smallest absolute Gasteiger partial charge is 0.254 e. The maximum Gasteiger partial charge on any atom is 0.254 e. The molecule has 110 valence electrons. The Balaban J connectivity index is 2.21. The molecule has 0 bridgehead atoms. The zero-order chi connectivity index (χ0) is 14.8. The van der Waals surface area contributed by atoms with Gasteiger partial charge in [0.25, 0.3) is 5.91 Å². The number of hydrogen-bond donors (Lipinski definition) is 1. The van der Waals surface area contributed by atoms with Crippen LogP contribution in [-0.4, -0.2) is 30.5 Å². The third kappa shape index (κ3) is 3.22. The van der Waals surface area contributed by atoms with E-state index in [2.05, 4.69) is 5.32 Å². The molecular weight excluding hydrogens is 311 g/mol. The number of carbonyl (C=O) groups is 1. The van der Waals surface area contributed by atoms with Crippen molar-refractivity contribution in [2.75, 3.05) is 19.1 Å². The van der Waals surface area contributed by atoms with Crippen LogP contribution in [0.2, 0.25) is 5.02 Å². The van der Waals surface area contributed by atoms with Crippen LogP contribution in [0.4, 0.5) is 8.78 Å². The summed E-state index contributed by atoms with van der Waals surface area (Å²) in [6, 6.07) is 1.57. The minimum absolute atomic E-state index is 0.180. The molecule has 0 unspecified atom stereocenters. The van der Waals surface area contributed by atoms with Gasteiger partial charge in [0.15, 0.2) is 0 Å². The molecule has 3 nitrogen and oxygen atoms in total. The highest BCUT2D eigenvalue weighted by Gasteiger charge is 2.34. The van der Waals surface area contributed by atoms with Crippen molar-refractivity contribution < 1.29 is 18.3 Å². The molecule has 1 saturated heterocycles. The SMILES string of the molecule is O=C(NC1(CCl)CCOCC1)c1cc(F)c(Cl)cc1F. The first kappa shape index (κ1) is 15.5. The van der Waals surface area contributed by atoms with Crippen molar-refractivity contribution in [2.45, 2.75) is 18.4 Å². The van der Waals surface area contributed by atoms with E-state index in [1.165, 1.54) is 0 Å². The summed E-state index contributed by atoms with van der Waals surface area (Å²) in [7, 11) is 0. The summed E-state index contributed by atoms with van der Waals surface area (Å²) in [6.07, 6.45) is 1.06. The van der Waals surface area contributed by atoms with Crippen molar-refractivity contribution >= 4 is 29.1 Å². The van der Waals surface area contributed by atoms with E-state index in [1.54, 1.807) is 0 Å². The summed E-state index contributed by atoms with van der Waals surface area (Å²) < 4.78 is 32.3. The van der Waals surface area contributed by atoms with Gasteiger partial charge in [-0.1, -0.05) is 11.6 Å². The van der Waals surface area contributed by atoms with Gasteiger partial charge in [-0.25, -0.2) is 8.78 Å². The van der Waals surface area contributed by atoms with Crippen molar-refractivity contribution in [1.82, 2.24) is 5.32 Å². The van der Waals surface area contributed by atoms with Gasteiger partial charge in [-0.2, -0.15) is 0 Å². The topological polar surface area (TPSA) is 38.3 Å². The van der Waals surface area contributed by atoms with Crippen LogP contribution < -0.4 is 5.32 Å². The second-order valence-electron chi connectivity index (χ2n) is 4.73. The molecule has 7 heteroatoms. The van der Waals surface area contributed by atoms with Crippen molar-refractivity contribution in [2.24, 2.45) is 0 Å². The fourth-order valence-electron chi connectivity index (χ4n) is 2.06. The predicted molar refractivity (Wildman–Crippen MR) is 72.3 cm³/mol. The Morgan fingerprint density at radius 1 is 1.30 bits per heavy atom. The predicted octanol–water partition coefficient (Wildman–Crippen LogP) is 3.14. The van der Waals surface area contributed by atoms with Crippen LogP contribution >= 0.6 is 23.2 Å². The minimum Gasteiger partial charge on any atom is -0.381 e. The van der Waals surface area contributed by atoms with Gasteiger partial charge < -0.3 is 10.1 Å². The van der Waals surface area contributed by atoms with Crippen LogP contribution in [0.15, 0.2) is 12.1 Å². The molecule has 0 spiro atoms. The van der Waals surface area contributed by atoms with Crippen molar-refractivity contribution in [3.8, 4) is 0 Å². The third-order valence-corrected chi connectivity index (χ3v) is 4.14. The number of halogens is 4. The van der Waals surface area contributed by atoms with Gasteiger partial charge in [0.2, 0.25) is 0 Å². The first-order valence-corrected chi connectivity index (χ1v) is 6.99. The summed E-state index contributed by atoms with van der Waals surface area (Å²) in [5, 5.41) is 2.32. The molecule has 0 aromatic heterocycles. The molecular formula is C13H13Cl2F2NO2. The van der Waals surface area contributed by atoms with Gasteiger partial charge in [0, 0.05) is 19.1 Å². The highest BCUT2D eigenvalue weighted by molar-refractivity contribution is 6.30. The van der Waals surface area contributed by atoms with Gasteiger partial charge in [-0.05, 0) is 25.0 Å². The Morgan fingerprint density at radius 2 is 1.95 bits per heavy atom. The van der Waals surface area contributed by atoms with E-state index in [1.807, 2.05) is 0 Å². The second kappa shape index (κ2) is 6.24. The Hall–Kier alpha value is -0.910. The Bertz CT molecular complexity index is 519. The van der Waals surface area contributed by atoms with Crippen LogP contribution in [0.5, 0.6) is 0 Å². The molecule has 1 aliphatic rings. The number of rotatable bonds is 3. The zero-order valence-corrected chi connectivity index (χ0v) is 12.0. The number of benzene rings is 1. The lowest BCUT2D eigenvalue weighted by molar-refractivity contribution is 0.0432. The zero-order valence-electron chi connectivity index (χ0n) is 10.5. The first-order valence-electron chi connectivity index (χ1n) is 6.08. The average molecular weight is 324 g/mol. The van der Waals surface area contributed by atoms with E-state index in [0.717, 1.165) is 12.1 Å². The van der Waals surface area contributed by atoms with E-state index < -0.39 is 23.1 Å². The average Bonchev–Trinajstić information content (AvgIpc) is 2.43. The van der Waals surface area contributed by atoms with Crippen LogP contribution in [0.25, 0.3) is 0 Å². The minimum atomic E-state index is -0.870. The quantitative estimate of drug-likeness (QED) is 0.685. The van der Waals surface area contributed by atoms with E-state index in [-0.39, 0.29) is 16.5 Å². The molecule has 2 rings (SSSR count). The normalized spacial score (nSPS) is 17.8.